The number of halogens is 1. The third-order valence-electron chi connectivity index (χ3n) is 4.07. The fourth-order valence-electron chi connectivity index (χ4n) is 3.04. The van der Waals surface area contributed by atoms with Crippen LogP contribution in [0.3, 0.4) is 0 Å². The van der Waals surface area contributed by atoms with E-state index in [4.69, 9.17) is 26.8 Å². The number of aromatic hydroxyl groups is 1. The van der Waals surface area contributed by atoms with Gasteiger partial charge in [0.15, 0.2) is 11.5 Å². The number of phenolic OH excluding ortho intramolecular Hbond substituents is 1. The van der Waals surface area contributed by atoms with E-state index in [1.165, 1.54) is 6.07 Å². The van der Waals surface area contributed by atoms with Crippen molar-refractivity contribution in [1.82, 2.24) is 0 Å². The monoisotopic (exact) mass is 285 g/mol. The minimum Gasteiger partial charge on any atom is -0.506 e. The fourth-order valence-corrected chi connectivity index (χ4v) is 3.38. The molecule has 1 aliphatic carbocycles. The fraction of sp³-hybridized carbons (Fsp3) is 0.571. The van der Waals surface area contributed by atoms with Crippen LogP contribution in [0.15, 0.2) is 6.07 Å². The van der Waals surface area contributed by atoms with Gasteiger partial charge in [0.1, 0.15) is 5.75 Å². The molecule has 1 aromatic carbocycles. The van der Waals surface area contributed by atoms with Gasteiger partial charge in [-0.1, -0.05) is 24.4 Å². The molecular formula is C14H20ClNO3. The molecule has 0 saturated heterocycles. The van der Waals surface area contributed by atoms with E-state index in [1.54, 1.807) is 14.2 Å². The Hall–Kier alpha value is -1.13. The van der Waals surface area contributed by atoms with Gasteiger partial charge < -0.3 is 20.3 Å². The highest BCUT2D eigenvalue weighted by Crippen LogP contribution is 2.52. The summed E-state index contributed by atoms with van der Waals surface area (Å²) >= 11 is 6.31. The molecule has 0 heterocycles. The predicted molar refractivity (Wildman–Crippen MR) is 75.4 cm³/mol. The van der Waals surface area contributed by atoms with Gasteiger partial charge in [-0.2, -0.15) is 0 Å². The summed E-state index contributed by atoms with van der Waals surface area (Å²) in [5, 5.41) is 10.3. The molecule has 1 saturated carbocycles. The molecule has 0 atom stereocenters. The minimum absolute atomic E-state index is 0.00837. The molecule has 106 valence electrons. The molecule has 0 spiro atoms. The van der Waals surface area contributed by atoms with Crippen molar-refractivity contribution >= 4 is 11.6 Å². The van der Waals surface area contributed by atoms with Crippen molar-refractivity contribution in [1.29, 1.82) is 0 Å². The van der Waals surface area contributed by atoms with Gasteiger partial charge in [0.05, 0.1) is 19.2 Å². The Labute approximate surface area is 118 Å². The van der Waals surface area contributed by atoms with Gasteiger partial charge in [0.2, 0.25) is 0 Å². The van der Waals surface area contributed by atoms with Crippen LogP contribution >= 0.6 is 11.6 Å². The first-order valence-electron chi connectivity index (χ1n) is 6.43. The number of rotatable bonds is 4. The van der Waals surface area contributed by atoms with E-state index in [-0.39, 0.29) is 11.2 Å². The number of ether oxygens (including phenoxy) is 2. The van der Waals surface area contributed by atoms with E-state index in [2.05, 4.69) is 0 Å². The van der Waals surface area contributed by atoms with Crippen LogP contribution in [0.5, 0.6) is 17.2 Å². The smallest absolute Gasteiger partial charge is 0.166 e. The van der Waals surface area contributed by atoms with Crippen molar-refractivity contribution in [2.45, 2.75) is 31.1 Å². The van der Waals surface area contributed by atoms with E-state index >= 15 is 0 Å². The molecule has 1 fully saturated rings. The van der Waals surface area contributed by atoms with Gasteiger partial charge in [-0.3, -0.25) is 0 Å². The van der Waals surface area contributed by atoms with E-state index in [0.717, 1.165) is 31.2 Å². The molecule has 0 amide bonds. The van der Waals surface area contributed by atoms with Gasteiger partial charge in [0, 0.05) is 23.6 Å². The maximum absolute atomic E-state index is 9.99. The van der Waals surface area contributed by atoms with Gasteiger partial charge in [-0.15, -0.1) is 0 Å². The van der Waals surface area contributed by atoms with Gasteiger partial charge in [-0.05, 0) is 12.8 Å². The lowest BCUT2D eigenvalue weighted by Crippen LogP contribution is -2.33. The second-order valence-electron chi connectivity index (χ2n) is 5.01. The van der Waals surface area contributed by atoms with Crippen LogP contribution in [0.25, 0.3) is 0 Å². The van der Waals surface area contributed by atoms with Crippen molar-refractivity contribution in [2.75, 3.05) is 20.8 Å². The maximum Gasteiger partial charge on any atom is 0.166 e. The number of methoxy groups -OCH3 is 2. The average Bonchev–Trinajstić information content (AvgIpc) is 2.90. The number of nitrogens with two attached hydrogens (primary N) is 1. The molecule has 2 rings (SSSR count). The molecule has 0 aliphatic heterocycles. The first-order valence-corrected chi connectivity index (χ1v) is 6.81. The Morgan fingerprint density at radius 2 is 1.95 bits per heavy atom. The van der Waals surface area contributed by atoms with E-state index < -0.39 is 0 Å². The Morgan fingerprint density at radius 1 is 1.32 bits per heavy atom. The lowest BCUT2D eigenvalue weighted by molar-refractivity contribution is 0.333. The quantitative estimate of drug-likeness (QED) is 0.893. The Kier molecular flexibility index (Phi) is 4.11. The highest BCUT2D eigenvalue weighted by atomic mass is 35.5. The van der Waals surface area contributed by atoms with Crippen molar-refractivity contribution < 1.29 is 14.6 Å². The summed E-state index contributed by atoms with van der Waals surface area (Å²) in [6.45, 7) is 0.482. The number of hydrogen-bond acceptors (Lipinski definition) is 4. The highest BCUT2D eigenvalue weighted by Gasteiger charge is 2.40. The molecule has 19 heavy (non-hydrogen) atoms. The zero-order chi connectivity index (χ0) is 14.0. The summed E-state index contributed by atoms with van der Waals surface area (Å²) < 4.78 is 10.7. The molecule has 0 unspecified atom stereocenters. The predicted octanol–water partition coefficient (Wildman–Crippen LogP) is 2.83. The lowest BCUT2D eigenvalue weighted by Gasteiger charge is -2.31. The number of phenols is 1. The van der Waals surface area contributed by atoms with E-state index in [9.17, 15) is 5.11 Å². The largest absolute Gasteiger partial charge is 0.506 e. The number of benzene rings is 1. The topological polar surface area (TPSA) is 64.7 Å². The summed E-state index contributed by atoms with van der Waals surface area (Å²) in [5.41, 5.74) is 6.56. The van der Waals surface area contributed by atoms with Gasteiger partial charge >= 0.3 is 0 Å². The summed E-state index contributed by atoms with van der Waals surface area (Å²) in [7, 11) is 3.12. The SMILES string of the molecule is COc1cc(O)c(Cl)c(C2(CN)CCCC2)c1OC. The van der Waals surface area contributed by atoms with Crippen LogP contribution in [0.4, 0.5) is 0 Å². The standard InChI is InChI=1S/C14H20ClNO3/c1-18-10-7-9(17)12(15)11(13(10)19-2)14(8-16)5-3-4-6-14/h7,17H,3-6,8,16H2,1-2H3. The Morgan fingerprint density at radius 3 is 2.42 bits per heavy atom. The van der Waals surface area contributed by atoms with Crippen LogP contribution in [0, 0.1) is 0 Å². The Balaban J connectivity index is 2.69. The van der Waals surface area contributed by atoms with Gasteiger partial charge in [0.25, 0.3) is 0 Å². The van der Waals surface area contributed by atoms with Crippen molar-refractivity contribution in [3.05, 3.63) is 16.7 Å². The van der Waals surface area contributed by atoms with Crippen molar-refractivity contribution in [2.24, 2.45) is 5.73 Å². The zero-order valence-corrected chi connectivity index (χ0v) is 12.1. The first kappa shape index (κ1) is 14.3. The van der Waals surface area contributed by atoms with Gasteiger partial charge in [-0.25, -0.2) is 0 Å². The second kappa shape index (κ2) is 5.47. The third-order valence-corrected chi connectivity index (χ3v) is 4.45. The molecular weight excluding hydrogens is 266 g/mol. The van der Waals surface area contributed by atoms with E-state index in [1.807, 2.05) is 0 Å². The van der Waals surface area contributed by atoms with Crippen LogP contribution in [0.2, 0.25) is 5.02 Å². The molecule has 5 heteroatoms. The van der Waals surface area contributed by atoms with Crippen LogP contribution in [0.1, 0.15) is 31.2 Å². The molecule has 3 N–H and O–H groups in total. The molecule has 4 nitrogen and oxygen atoms in total. The van der Waals surface area contributed by atoms with Crippen molar-refractivity contribution in [3.63, 3.8) is 0 Å². The first-order chi connectivity index (χ1) is 9.09. The minimum atomic E-state index is -0.228. The molecule has 0 aromatic heterocycles. The highest BCUT2D eigenvalue weighted by molar-refractivity contribution is 6.33. The third kappa shape index (κ3) is 2.23. The molecule has 0 bridgehead atoms. The van der Waals surface area contributed by atoms with Crippen LogP contribution < -0.4 is 15.2 Å². The molecule has 0 radical (unpaired) electrons. The average molecular weight is 286 g/mol. The Bertz CT molecular complexity index is 470. The zero-order valence-electron chi connectivity index (χ0n) is 11.3. The summed E-state index contributed by atoms with van der Waals surface area (Å²) in [6, 6.07) is 1.48. The normalized spacial score (nSPS) is 17.5. The summed E-state index contributed by atoms with van der Waals surface area (Å²) in [4.78, 5) is 0. The van der Waals surface area contributed by atoms with Crippen molar-refractivity contribution in [3.8, 4) is 17.2 Å². The lowest BCUT2D eigenvalue weighted by atomic mass is 9.78. The maximum atomic E-state index is 9.99. The summed E-state index contributed by atoms with van der Waals surface area (Å²) in [6.07, 6.45) is 4.11. The molecule has 1 aromatic rings. The van der Waals surface area contributed by atoms with Crippen LogP contribution in [-0.4, -0.2) is 25.9 Å². The molecule has 1 aliphatic rings. The summed E-state index contributed by atoms with van der Waals surface area (Å²) in [5.74, 6) is 1.07. The van der Waals surface area contributed by atoms with Crippen LogP contribution in [-0.2, 0) is 5.41 Å². The second-order valence-corrected chi connectivity index (χ2v) is 5.39. The number of hydrogen-bond donors (Lipinski definition) is 2. The van der Waals surface area contributed by atoms with E-state index in [0.29, 0.717) is 23.1 Å².